The first kappa shape index (κ1) is 23.7. The van der Waals surface area contributed by atoms with Crippen molar-refractivity contribution in [3.05, 3.63) is 59.7 Å². The highest BCUT2D eigenvalue weighted by Crippen LogP contribution is 2.43. The minimum absolute atomic E-state index is 0.129. The molecule has 8 nitrogen and oxygen atoms in total. The van der Waals surface area contributed by atoms with Crippen LogP contribution in [-0.2, 0) is 32.6 Å². The Morgan fingerprint density at radius 3 is 2.71 bits per heavy atom. The quantitative estimate of drug-likeness (QED) is 0.653. The van der Waals surface area contributed by atoms with Gasteiger partial charge in [-0.1, -0.05) is 55.8 Å². The van der Waals surface area contributed by atoms with Crippen LogP contribution in [0.1, 0.15) is 43.7 Å². The lowest BCUT2D eigenvalue weighted by molar-refractivity contribution is -0.128. The molecule has 2 saturated heterocycles. The minimum Gasteiger partial charge on any atom is -0.445 e. The number of amides is 2. The Morgan fingerprint density at radius 1 is 1.14 bits per heavy atom. The van der Waals surface area contributed by atoms with E-state index in [1.807, 2.05) is 43.3 Å². The van der Waals surface area contributed by atoms with Crippen molar-refractivity contribution >= 4 is 27.7 Å². The van der Waals surface area contributed by atoms with Gasteiger partial charge in [0.25, 0.3) is 10.0 Å². The number of carbonyl (C=O) groups excluding carboxylic acids is 2. The first-order valence-corrected chi connectivity index (χ1v) is 13.8. The van der Waals surface area contributed by atoms with Crippen LogP contribution >= 0.6 is 0 Å². The van der Waals surface area contributed by atoms with Gasteiger partial charge in [0.15, 0.2) is 0 Å². The molecule has 1 N–H and O–H groups in total. The third-order valence-electron chi connectivity index (χ3n) is 7.28. The molecule has 0 radical (unpaired) electrons. The fourth-order valence-electron chi connectivity index (χ4n) is 5.73. The average molecular weight is 498 g/mol. The number of benzene rings is 2. The minimum atomic E-state index is -4.10. The molecule has 186 valence electrons. The number of fused-ring (bicyclic) bond motifs is 2. The van der Waals surface area contributed by atoms with E-state index in [2.05, 4.69) is 5.32 Å². The Kier molecular flexibility index (Phi) is 6.44. The predicted octanol–water partition coefficient (Wildman–Crippen LogP) is 3.77. The zero-order valence-corrected chi connectivity index (χ0v) is 20.7. The highest BCUT2D eigenvalue weighted by molar-refractivity contribution is 7.89. The van der Waals surface area contributed by atoms with E-state index in [9.17, 15) is 18.0 Å². The molecule has 2 aromatic rings. The number of carbonyl (C=O) groups is 2. The second-order valence-electron chi connectivity index (χ2n) is 9.44. The molecule has 0 aromatic heterocycles. The maximum atomic E-state index is 13.9. The summed E-state index contributed by atoms with van der Waals surface area (Å²) in [6, 6.07) is 13.5. The Hall–Kier alpha value is -3.07. The van der Waals surface area contributed by atoms with Gasteiger partial charge < -0.3 is 15.0 Å². The highest BCUT2D eigenvalue weighted by atomic mass is 32.2. The lowest BCUT2D eigenvalue weighted by Crippen LogP contribution is -2.43. The number of rotatable bonds is 6. The SMILES string of the molecule is CCC[C@H]1C(=O)N(S(=O)(=O)c2cccc3c2NCCC3)[C@H]2CCN(C(=O)OCc3ccccc3)[C@H]12. The second-order valence-corrected chi connectivity index (χ2v) is 11.2. The number of aryl methyl sites for hydroxylation is 1. The molecule has 0 bridgehead atoms. The summed E-state index contributed by atoms with van der Waals surface area (Å²) < 4.78 is 34.5. The monoisotopic (exact) mass is 497 g/mol. The third-order valence-corrected chi connectivity index (χ3v) is 9.15. The second kappa shape index (κ2) is 9.53. The number of sulfonamides is 1. The Morgan fingerprint density at radius 2 is 1.94 bits per heavy atom. The summed E-state index contributed by atoms with van der Waals surface area (Å²) in [4.78, 5) is 28.4. The van der Waals surface area contributed by atoms with Crippen LogP contribution < -0.4 is 5.32 Å². The summed E-state index contributed by atoms with van der Waals surface area (Å²) in [5, 5.41) is 3.23. The van der Waals surface area contributed by atoms with Gasteiger partial charge in [-0.25, -0.2) is 17.5 Å². The van der Waals surface area contributed by atoms with Gasteiger partial charge in [-0.3, -0.25) is 4.79 Å². The van der Waals surface area contributed by atoms with E-state index in [4.69, 9.17) is 4.74 Å². The predicted molar refractivity (Wildman–Crippen MR) is 131 cm³/mol. The standard InChI is InChI=1S/C26H31N3O5S/c1-2-8-20-24-21(14-16-28(24)26(31)34-17-18-9-4-3-5-10-18)29(25(20)30)35(32,33)22-13-6-11-19-12-7-15-27-23(19)22/h3-6,9-11,13,20-21,24,27H,2,7-8,12,14-17H2,1H3/t20-,21+,24-/m1/s1. The first-order valence-electron chi connectivity index (χ1n) is 12.3. The molecule has 0 saturated carbocycles. The largest absolute Gasteiger partial charge is 0.445 e. The van der Waals surface area contributed by atoms with Crippen LogP contribution in [-0.4, -0.2) is 54.8 Å². The molecule has 3 aliphatic heterocycles. The number of nitrogens with one attached hydrogen (secondary N) is 1. The molecule has 0 unspecified atom stereocenters. The van der Waals surface area contributed by atoms with Crippen molar-refractivity contribution in [1.82, 2.24) is 9.21 Å². The number of nitrogens with zero attached hydrogens (tertiary/aromatic N) is 2. The molecular weight excluding hydrogens is 466 g/mol. The van der Waals surface area contributed by atoms with Crippen molar-refractivity contribution in [2.24, 2.45) is 5.92 Å². The topological polar surface area (TPSA) is 96.0 Å². The molecule has 3 aliphatic rings. The van der Waals surface area contributed by atoms with Crippen molar-refractivity contribution < 1.29 is 22.7 Å². The van der Waals surface area contributed by atoms with Gasteiger partial charge in [0.2, 0.25) is 5.91 Å². The van der Waals surface area contributed by atoms with Crippen LogP contribution in [0.15, 0.2) is 53.4 Å². The van der Waals surface area contributed by atoms with Gasteiger partial charge in [0, 0.05) is 13.1 Å². The lowest BCUT2D eigenvalue weighted by Gasteiger charge is -2.27. The van der Waals surface area contributed by atoms with Crippen molar-refractivity contribution in [1.29, 1.82) is 0 Å². The maximum absolute atomic E-state index is 13.9. The van der Waals surface area contributed by atoms with E-state index < -0.39 is 40.0 Å². The number of hydrogen-bond donors (Lipinski definition) is 1. The summed E-state index contributed by atoms with van der Waals surface area (Å²) in [7, 11) is -4.10. The van der Waals surface area contributed by atoms with E-state index in [-0.39, 0.29) is 11.5 Å². The van der Waals surface area contributed by atoms with Crippen LogP contribution in [0.5, 0.6) is 0 Å². The Bertz CT molecular complexity index is 1220. The zero-order chi connectivity index (χ0) is 24.6. The van der Waals surface area contributed by atoms with E-state index >= 15 is 0 Å². The molecule has 3 heterocycles. The number of likely N-dealkylation sites (tertiary alicyclic amines) is 1. The number of ether oxygens (including phenoxy) is 1. The number of para-hydroxylation sites is 1. The fraction of sp³-hybridized carbons (Fsp3) is 0.462. The van der Waals surface area contributed by atoms with Crippen LogP contribution in [0, 0.1) is 5.92 Å². The molecule has 2 aromatic carbocycles. The fourth-order valence-corrected chi connectivity index (χ4v) is 7.61. The van der Waals surface area contributed by atoms with E-state index in [0.29, 0.717) is 38.0 Å². The van der Waals surface area contributed by atoms with Crippen molar-refractivity contribution in [3.63, 3.8) is 0 Å². The van der Waals surface area contributed by atoms with E-state index in [1.165, 1.54) is 0 Å². The molecule has 9 heteroatoms. The Labute approximate surface area is 206 Å². The summed E-state index contributed by atoms with van der Waals surface area (Å²) in [6.45, 7) is 3.14. The van der Waals surface area contributed by atoms with Crippen molar-refractivity contribution in [3.8, 4) is 0 Å². The Balaban J connectivity index is 1.43. The lowest BCUT2D eigenvalue weighted by atomic mass is 9.94. The molecule has 0 aliphatic carbocycles. The highest BCUT2D eigenvalue weighted by Gasteiger charge is 2.58. The average Bonchev–Trinajstić information content (AvgIpc) is 3.41. The van der Waals surface area contributed by atoms with Crippen molar-refractivity contribution in [2.45, 2.75) is 62.6 Å². The molecule has 35 heavy (non-hydrogen) atoms. The molecule has 0 spiro atoms. The molecular formula is C26H31N3O5S. The summed E-state index contributed by atoms with van der Waals surface area (Å²) in [6.07, 6.45) is 2.85. The molecule has 3 atom stereocenters. The third kappa shape index (κ3) is 4.16. The number of hydrogen-bond acceptors (Lipinski definition) is 6. The van der Waals surface area contributed by atoms with Gasteiger partial charge in [0.1, 0.15) is 11.5 Å². The number of anilines is 1. The summed E-state index contributed by atoms with van der Waals surface area (Å²) >= 11 is 0. The zero-order valence-electron chi connectivity index (χ0n) is 19.9. The first-order chi connectivity index (χ1) is 16.9. The van der Waals surface area contributed by atoms with Gasteiger partial charge in [-0.15, -0.1) is 0 Å². The molecule has 5 rings (SSSR count). The smallest absolute Gasteiger partial charge is 0.410 e. The van der Waals surface area contributed by atoms with E-state index in [1.54, 1.807) is 17.0 Å². The molecule has 2 fully saturated rings. The van der Waals surface area contributed by atoms with Gasteiger partial charge in [-0.05, 0) is 42.9 Å². The van der Waals surface area contributed by atoms with Crippen molar-refractivity contribution in [2.75, 3.05) is 18.4 Å². The van der Waals surface area contributed by atoms with Crippen LogP contribution in [0.2, 0.25) is 0 Å². The van der Waals surface area contributed by atoms with E-state index in [0.717, 1.165) is 28.3 Å². The maximum Gasteiger partial charge on any atom is 0.410 e. The normalized spacial score (nSPS) is 23.6. The van der Waals surface area contributed by atoms with Crippen LogP contribution in [0.3, 0.4) is 0 Å². The van der Waals surface area contributed by atoms with Crippen LogP contribution in [0.25, 0.3) is 0 Å². The molecule has 2 amide bonds. The van der Waals surface area contributed by atoms with Gasteiger partial charge >= 0.3 is 6.09 Å². The van der Waals surface area contributed by atoms with Gasteiger partial charge in [0.05, 0.1) is 23.7 Å². The summed E-state index contributed by atoms with van der Waals surface area (Å²) in [5.74, 6) is -0.991. The summed E-state index contributed by atoms with van der Waals surface area (Å²) in [5.41, 5.74) is 2.41. The van der Waals surface area contributed by atoms with Gasteiger partial charge in [-0.2, -0.15) is 0 Å². The van der Waals surface area contributed by atoms with Crippen LogP contribution in [0.4, 0.5) is 10.5 Å².